The number of H-pyrrole nitrogens is 2. The maximum atomic E-state index is 12.2. The lowest BCUT2D eigenvalue weighted by atomic mass is 10.2. The van der Waals surface area contributed by atoms with E-state index in [1.54, 1.807) is 18.2 Å². The Balaban J connectivity index is 1.82. The van der Waals surface area contributed by atoms with Crippen LogP contribution in [0.4, 0.5) is 5.69 Å². The number of carbonyl (C=O) groups excluding carboxylic acids is 1. The fourth-order valence-electron chi connectivity index (χ4n) is 2.04. The minimum atomic E-state index is -0.431. The number of aromatic amines is 2. The zero-order valence-corrected chi connectivity index (χ0v) is 12.2. The number of anilines is 1. The van der Waals surface area contributed by atoms with Crippen molar-refractivity contribution in [1.29, 1.82) is 0 Å². The van der Waals surface area contributed by atoms with Crippen LogP contribution in [0.1, 0.15) is 10.5 Å². The van der Waals surface area contributed by atoms with E-state index < -0.39 is 5.91 Å². The summed E-state index contributed by atoms with van der Waals surface area (Å²) >= 11 is 0. The Morgan fingerprint density at radius 1 is 1.30 bits per heavy atom. The van der Waals surface area contributed by atoms with Crippen LogP contribution in [-0.4, -0.2) is 33.2 Å². The molecule has 0 bridgehead atoms. The zero-order valence-electron chi connectivity index (χ0n) is 12.2. The smallest absolute Gasteiger partial charge is 0.272 e. The molecular formula is C15H13N5O3. The van der Waals surface area contributed by atoms with E-state index in [4.69, 9.17) is 4.74 Å². The molecule has 0 aliphatic rings. The number of methoxy groups -OCH3 is 1. The monoisotopic (exact) mass is 311 g/mol. The van der Waals surface area contributed by atoms with Gasteiger partial charge >= 0.3 is 0 Å². The summed E-state index contributed by atoms with van der Waals surface area (Å²) in [6.45, 7) is 0. The van der Waals surface area contributed by atoms with Gasteiger partial charge < -0.3 is 15.0 Å². The van der Waals surface area contributed by atoms with Crippen LogP contribution >= 0.6 is 0 Å². The maximum absolute atomic E-state index is 12.2. The molecule has 0 aliphatic heterocycles. The Morgan fingerprint density at radius 3 is 2.87 bits per heavy atom. The van der Waals surface area contributed by atoms with Gasteiger partial charge in [0.15, 0.2) is 11.6 Å². The van der Waals surface area contributed by atoms with Gasteiger partial charge in [-0.15, -0.1) is 0 Å². The van der Waals surface area contributed by atoms with Gasteiger partial charge in [-0.05, 0) is 12.1 Å². The second-order valence-corrected chi connectivity index (χ2v) is 4.65. The molecular weight excluding hydrogens is 298 g/mol. The molecule has 0 radical (unpaired) electrons. The number of ether oxygens (including phenoxy) is 1. The Bertz CT molecular complexity index is 886. The van der Waals surface area contributed by atoms with Gasteiger partial charge in [-0.25, -0.2) is 4.98 Å². The number of hydrogen-bond acceptors (Lipinski definition) is 5. The largest absolute Gasteiger partial charge is 0.491 e. The number of nitrogens with zero attached hydrogens (tertiary/aromatic N) is 2. The molecule has 8 heteroatoms. The second kappa shape index (κ2) is 6.14. The second-order valence-electron chi connectivity index (χ2n) is 4.65. The molecule has 0 unspecified atom stereocenters. The Kier molecular flexibility index (Phi) is 3.88. The first kappa shape index (κ1) is 14.5. The van der Waals surface area contributed by atoms with Crippen LogP contribution in [0, 0.1) is 0 Å². The Morgan fingerprint density at radius 2 is 2.17 bits per heavy atom. The average Bonchev–Trinajstić information content (AvgIpc) is 3.09. The highest BCUT2D eigenvalue weighted by atomic mass is 16.5. The fraction of sp³-hybridized carbons (Fsp3) is 0.0667. The van der Waals surface area contributed by atoms with Gasteiger partial charge in [0.25, 0.3) is 5.91 Å². The normalized spacial score (nSPS) is 10.3. The van der Waals surface area contributed by atoms with Crippen molar-refractivity contribution in [1.82, 2.24) is 20.2 Å². The molecule has 1 aromatic carbocycles. The zero-order chi connectivity index (χ0) is 16.2. The number of amides is 1. The van der Waals surface area contributed by atoms with Crippen LogP contribution in [0.5, 0.6) is 5.75 Å². The number of pyridine rings is 1. The van der Waals surface area contributed by atoms with E-state index in [9.17, 15) is 9.59 Å². The third kappa shape index (κ3) is 3.10. The number of carbonyl (C=O) groups is 1. The van der Waals surface area contributed by atoms with Crippen molar-refractivity contribution in [2.45, 2.75) is 0 Å². The Hall–Kier alpha value is -3.42. The predicted octanol–water partition coefficient (Wildman–Crippen LogP) is 1.42. The van der Waals surface area contributed by atoms with E-state index in [1.165, 1.54) is 25.7 Å². The van der Waals surface area contributed by atoms with Crippen LogP contribution in [0.15, 0.2) is 47.7 Å². The molecule has 3 N–H and O–H groups in total. The highest BCUT2D eigenvalue weighted by Crippen LogP contribution is 2.19. The van der Waals surface area contributed by atoms with Crippen LogP contribution in [0.25, 0.3) is 11.4 Å². The summed E-state index contributed by atoms with van der Waals surface area (Å²) in [6.07, 6.45) is 2.75. The molecule has 0 saturated heterocycles. The van der Waals surface area contributed by atoms with Crippen LogP contribution in [0.2, 0.25) is 0 Å². The Labute approximate surface area is 130 Å². The highest BCUT2D eigenvalue weighted by molar-refractivity contribution is 6.03. The van der Waals surface area contributed by atoms with Crippen LogP contribution in [0.3, 0.4) is 0 Å². The third-order valence-electron chi connectivity index (χ3n) is 3.15. The van der Waals surface area contributed by atoms with E-state index >= 15 is 0 Å². The molecule has 0 fully saturated rings. The van der Waals surface area contributed by atoms with E-state index in [-0.39, 0.29) is 16.9 Å². The van der Waals surface area contributed by atoms with Gasteiger partial charge in [0.2, 0.25) is 5.43 Å². The molecule has 3 rings (SSSR count). The van der Waals surface area contributed by atoms with Gasteiger partial charge in [-0.1, -0.05) is 12.1 Å². The lowest BCUT2D eigenvalue weighted by Gasteiger charge is -2.07. The topological polar surface area (TPSA) is 113 Å². The number of benzene rings is 1. The first-order chi connectivity index (χ1) is 11.2. The summed E-state index contributed by atoms with van der Waals surface area (Å²) in [7, 11) is 1.39. The van der Waals surface area contributed by atoms with Gasteiger partial charge in [-0.3, -0.25) is 14.7 Å². The molecule has 116 valence electrons. The van der Waals surface area contributed by atoms with Gasteiger partial charge in [0, 0.05) is 23.5 Å². The minimum absolute atomic E-state index is 0.140. The third-order valence-corrected chi connectivity index (χ3v) is 3.15. The van der Waals surface area contributed by atoms with E-state index in [1.807, 2.05) is 6.07 Å². The van der Waals surface area contributed by atoms with E-state index in [0.717, 1.165) is 5.56 Å². The SMILES string of the molecule is COc1c[nH]c(C(=O)Nc2cccc(-c3ncn[nH]3)c2)cc1=O. The molecule has 0 saturated carbocycles. The fourth-order valence-corrected chi connectivity index (χ4v) is 2.04. The van der Waals surface area contributed by atoms with E-state index in [2.05, 4.69) is 25.5 Å². The number of nitrogens with one attached hydrogen (secondary N) is 3. The first-order valence-corrected chi connectivity index (χ1v) is 6.71. The molecule has 2 heterocycles. The van der Waals surface area contributed by atoms with Crippen molar-refractivity contribution in [2.24, 2.45) is 0 Å². The van der Waals surface area contributed by atoms with Gasteiger partial charge in [0.1, 0.15) is 12.0 Å². The van der Waals surface area contributed by atoms with Gasteiger partial charge in [-0.2, -0.15) is 5.10 Å². The molecule has 2 aromatic heterocycles. The lowest BCUT2D eigenvalue weighted by molar-refractivity contribution is 0.102. The molecule has 0 aliphatic carbocycles. The summed E-state index contributed by atoms with van der Waals surface area (Å²) in [6, 6.07) is 8.30. The predicted molar refractivity (Wildman–Crippen MR) is 83.4 cm³/mol. The average molecular weight is 311 g/mol. The molecule has 8 nitrogen and oxygen atoms in total. The summed E-state index contributed by atoms with van der Waals surface area (Å²) in [5.74, 6) is 0.312. The van der Waals surface area contributed by atoms with Crippen LogP contribution in [-0.2, 0) is 0 Å². The van der Waals surface area contributed by atoms with Crippen molar-refractivity contribution >= 4 is 11.6 Å². The van der Waals surface area contributed by atoms with Gasteiger partial charge in [0.05, 0.1) is 7.11 Å². The first-order valence-electron chi connectivity index (χ1n) is 6.71. The van der Waals surface area contributed by atoms with Crippen molar-refractivity contribution in [3.05, 3.63) is 58.8 Å². The molecule has 0 spiro atoms. The maximum Gasteiger partial charge on any atom is 0.272 e. The molecule has 3 aromatic rings. The quantitative estimate of drug-likeness (QED) is 0.674. The van der Waals surface area contributed by atoms with Crippen molar-refractivity contribution < 1.29 is 9.53 Å². The summed E-state index contributed by atoms with van der Waals surface area (Å²) < 4.78 is 4.86. The number of aromatic nitrogens is 4. The molecule has 23 heavy (non-hydrogen) atoms. The lowest BCUT2D eigenvalue weighted by Crippen LogP contribution is -2.17. The van der Waals surface area contributed by atoms with Crippen molar-refractivity contribution in [3.8, 4) is 17.1 Å². The standard InChI is InChI=1S/C15H13N5O3/c1-23-13-7-16-11(6-12(13)21)15(22)19-10-4-2-3-9(5-10)14-17-8-18-20-14/h2-8H,1H3,(H,16,21)(H,19,22)(H,17,18,20). The molecule has 1 amide bonds. The van der Waals surface area contributed by atoms with Crippen molar-refractivity contribution in [2.75, 3.05) is 12.4 Å². The summed E-state index contributed by atoms with van der Waals surface area (Å²) in [5, 5.41) is 9.25. The van der Waals surface area contributed by atoms with Crippen LogP contribution < -0.4 is 15.5 Å². The molecule has 0 atom stereocenters. The van der Waals surface area contributed by atoms with E-state index in [0.29, 0.717) is 11.5 Å². The number of hydrogen-bond donors (Lipinski definition) is 3. The number of rotatable bonds is 4. The van der Waals surface area contributed by atoms with Crippen molar-refractivity contribution in [3.63, 3.8) is 0 Å². The highest BCUT2D eigenvalue weighted by Gasteiger charge is 2.10. The summed E-state index contributed by atoms with van der Waals surface area (Å²) in [5.41, 5.74) is 1.12. The summed E-state index contributed by atoms with van der Waals surface area (Å²) in [4.78, 5) is 30.7. The minimum Gasteiger partial charge on any atom is -0.491 e.